The van der Waals surface area contributed by atoms with Crippen molar-refractivity contribution >= 4 is 35.4 Å². The fourth-order valence-electron chi connectivity index (χ4n) is 5.17. The molecule has 0 aliphatic heterocycles. The minimum atomic E-state index is -1.37. The van der Waals surface area contributed by atoms with Crippen LogP contribution in [0.2, 0.25) is 0 Å². The quantitative estimate of drug-likeness (QED) is 0.0567. The van der Waals surface area contributed by atoms with Gasteiger partial charge in [-0.25, -0.2) is 9.78 Å². The Bertz CT molecular complexity index is 1660. The molecule has 1 fully saturated rings. The van der Waals surface area contributed by atoms with Crippen LogP contribution in [0.4, 0.5) is 0 Å². The molecule has 0 unspecified atom stereocenters. The van der Waals surface area contributed by atoms with E-state index in [1.807, 2.05) is 0 Å². The monoisotopic (exact) mass is 639 g/mol. The maximum absolute atomic E-state index is 13.8. The van der Waals surface area contributed by atoms with Crippen LogP contribution in [0, 0.1) is 11.3 Å². The molecule has 1 saturated carbocycles. The fraction of sp³-hybridized carbons (Fsp3) is 0.351. The first-order valence-electron chi connectivity index (χ1n) is 15.9. The van der Waals surface area contributed by atoms with Crippen molar-refractivity contribution in [3.05, 3.63) is 94.3 Å². The maximum Gasteiger partial charge on any atom is 0.355 e. The molecule has 0 spiro atoms. The highest BCUT2D eigenvalue weighted by Crippen LogP contribution is 2.32. The van der Waals surface area contributed by atoms with E-state index in [1.54, 1.807) is 36.4 Å². The number of carboxylic acid groups (broad SMARTS) is 1. The number of Topliss-reactive ketones (excluding diaryl/α,β-unsaturated/α-hetero) is 1. The molecule has 1 aliphatic carbocycles. The second kappa shape index (κ2) is 16.6. The van der Waals surface area contributed by atoms with Gasteiger partial charge >= 0.3 is 11.9 Å². The minimum Gasteiger partial charge on any atom is -0.476 e. The molecule has 0 bridgehead atoms. The summed E-state index contributed by atoms with van der Waals surface area (Å²) in [5, 5.41) is 31.2. The number of carbonyl (C=O) groups excluding carboxylic acids is 3. The molecule has 0 radical (unpaired) electrons. The number of unbranched alkanes of at least 4 members (excludes halogenated alkanes) is 3. The summed E-state index contributed by atoms with van der Waals surface area (Å²) in [7, 11) is 0. The van der Waals surface area contributed by atoms with E-state index < -0.39 is 23.5 Å². The number of aliphatic hydroxyl groups is 1. The number of ketones is 1. The number of nitrogens with one attached hydrogen (secondary N) is 2. The number of nitrogens with zero attached hydrogens (tertiary/aromatic N) is 1. The van der Waals surface area contributed by atoms with Crippen LogP contribution in [0.25, 0.3) is 17.2 Å². The molecule has 10 heteroatoms. The Labute approximate surface area is 274 Å². The van der Waals surface area contributed by atoms with Crippen LogP contribution in [0.3, 0.4) is 0 Å². The lowest BCUT2D eigenvalue weighted by Crippen LogP contribution is -2.27. The summed E-state index contributed by atoms with van der Waals surface area (Å²) in [4.78, 5) is 55.1. The molecule has 0 atom stereocenters. The summed E-state index contributed by atoms with van der Waals surface area (Å²) in [6.45, 7) is 6.36. The van der Waals surface area contributed by atoms with Crippen molar-refractivity contribution in [1.82, 2.24) is 10.3 Å². The molecule has 3 aromatic rings. The van der Waals surface area contributed by atoms with E-state index in [-0.39, 0.29) is 53.3 Å². The van der Waals surface area contributed by atoms with Gasteiger partial charge in [0, 0.05) is 29.8 Å². The second-order valence-electron chi connectivity index (χ2n) is 11.7. The van der Waals surface area contributed by atoms with E-state index >= 15 is 0 Å². The van der Waals surface area contributed by atoms with Crippen LogP contribution in [0.5, 0.6) is 0 Å². The van der Waals surface area contributed by atoms with Gasteiger partial charge in [-0.05, 0) is 77.3 Å². The molecule has 4 rings (SSSR count). The van der Waals surface area contributed by atoms with E-state index in [9.17, 15) is 29.4 Å². The van der Waals surface area contributed by atoms with E-state index in [2.05, 4.69) is 23.8 Å². The zero-order valence-electron chi connectivity index (χ0n) is 26.6. The first-order valence-corrected chi connectivity index (χ1v) is 15.9. The number of rotatable bonds is 18. The smallest absolute Gasteiger partial charge is 0.355 e. The van der Waals surface area contributed by atoms with E-state index in [4.69, 9.17) is 10.1 Å². The summed E-state index contributed by atoms with van der Waals surface area (Å²) in [5.41, 5.74) is 2.38. The van der Waals surface area contributed by atoms with Gasteiger partial charge in [-0.15, -0.1) is 0 Å². The molecule has 10 nitrogen and oxygen atoms in total. The average Bonchev–Trinajstić information content (AvgIpc) is 3.91. The highest BCUT2D eigenvalue weighted by molar-refractivity contribution is 6.08. The molecule has 1 amide bonds. The topological polar surface area (TPSA) is 167 Å². The number of esters is 1. The molecule has 1 heterocycles. The summed E-state index contributed by atoms with van der Waals surface area (Å²) >= 11 is 0. The van der Waals surface area contributed by atoms with Crippen molar-refractivity contribution < 1.29 is 34.1 Å². The standard InChI is InChI=1S/C37H41N3O7/c1-3-5-6-7-16-47-34(43)20-31(38)26-12-10-23(11-13-26)17-33(42)30-18-25(4-2)27(22-41)19-29(30)28-14-15-32(40-35(28)37(45)46)36(44)39-21-24-8-9-24/h4,10-15,18-19,24,38,41H,2-3,5-9,16-17,20-22H2,1H3,(H,39,44)(H,45,46). The summed E-state index contributed by atoms with van der Waals surface area (Å²) in [6, 6.07) is 12.7. The number of amides is 1. The van der Waals surface area contributed by atoms with Crippen molar-refractivity contribution in [3.63, 3.8) is 0 Å². The number of carboxylic acids is 1. The van der Waals surface area contributed by atoms with Crippen LogP contribution in [-0.4, -0.2) is 57.7 Å². The largest absolute Gasteiger partial charge is 0.476 e. The van der Waals surface area contributed by atoms with E-state index in [0.717, 1.165) is 38.5 Å². The van der Waals surface area contributed by atoms with Crippen molar-refractivity contribution in [2.24, 2.45) is 5.92 Å². The van der Waals surface area contributed by atoms with E-state index in [1.165, 1.54) is 18.2 Å². The van der Waals surface area contributed by atoms with Crippen LogP contribution in [0.15, 0.2) is 55.1 Å². The normalized spacial score (nSPS) is 12.3. The van der Waals surface area contributed by atoms with Gasteiger partial charge in [-0.3, -0.25) is 14.4 Å². The lowest BCUT2D eigenvalue weighted by molar-refractivity contribution is -0.142. The molecule has 1 aliphatic rings. The van der Waals surface area contributed by atoms with Gasteiger partial charge < -0.3 is 25.7 Å². The molecule has 2 aromatic carbocycles. The summed E-state index contributed by atoms with van der Waals surface area (Å²) < 4.78 is 5.24. The fourth-order valence-corrected chi connectivity index (χ4v) is 5.17. The molecule has 1 aromatic heterocycles. The highest BCUT2D eigenvalue weighted by atomic mass is 16.5. The third kappa shape index (κ3) is 9.52. The number of carbonyl (C=O) groups is 4. The number of pyridine rings is 1. The third-order valence-electron chi connectivity index (χ3n) is 8.09. The van der Waals surface area contributed by atoms with Crippen molar-refractivity contribution in [3.8, 4) is 11.1 Å². The Balaban J connectivity index is 1.55. The van der Waals surface area contributed by atoms with Crippen molar-refractivity contribution in [2.75, 3.05) is 13.2 Å². The third-order valence-corrected chi connectivity index (χ3v) is 8.09. The number of ether oxygens (including phenoxy) is 1. The highest BCUT2D eigenvalue weighted by Gasteiger charge is 2.25. The van der Waals surface area contributed by atoms with Crippen molar-refractivity contribution in [1.29, 1.82) is 5.41 Å². The van der Waals surface area contributed by atoms with Gasteiger partial charge in [0.2, 0.25) is 0 Å². The van der Waals surface area contributed by atoms with Crippen LogP contribution in [-0.2, 0) is 22.6 Å². The van der Waals surface area contributed by atoms with Crippen molar-refractivity contribution in [2.45, 2.75) is 64.9 Å². The number of hydrogen-bond donors (Lipinski definition) is 4. The predicted molar refractivity (Wildman–Crippen MR) is 179 cm³/mol. The molecular formula is C37H41N3O7. The second-order valence-corrected chi connectivity index (χ2v) is 11.7. The molecule has 0 saturated heterocycles. The predicted octanol–water partition coefficient (Wildman–Crippen LogP) is 6.03. The first-order chi connectivity index (χ1) is 22.6. The van der Waals surface area contributed by atoms with Crippen LogP contribution < -0.4 is 5.32 Å². The zero-order chi connectivity index (χ0) is 33.9. The van der Waals surface area contributed by atoms with Gasteiger partial charge in [-0.2, -0.15) is 0 Å². The average molecular weight is 640 g/mol. The molecule has 4 N–H and O–H groups in total. The lowest BCUT2D eigenvalue weighted by atomic mass is 9.89. The number of benzene rings is 2. The van der Waals surface area contributed by atoms with Gasteiger partial charge in [0.25, 0.3) is 5.91 Å². The Morgan fingerprint density at radius 2 is 1.79 bits per heavy atom. The Morgan fingerprint density at radius 3 is 2.43 bits per heavy atom. The number of hydrogen-bond acceptors (Lipinski definition) is 8. The Kier molecular flexibility index (Phi) is 12.3. The first kappa shape index (κ1) is 34.9. The zero-order valence-corrected chi connectivity index (χ0v) is 26.6. The van der Waals surface area contributed by atoms with Gasteiger partial charge in [0.1, 0.15) is 5.69 Å². The Morgan fingerprint density at radius 1 is 1.04 bits per heavy atom. The van der Waals surface area contributed by atoms with Gasteiger partial charge in [0.15, 0.2) is 11.5 Å². The Hall–Kier alpha value is -4.96. The van der Waals surface area contributed by atoms with Crippen LogP contribution >= 0.6 is 0 Å². The molecule has 47 heavy (non-hydrogen) atoms. The lowest BCUT2D eigenvalue weighted by Gasteiger charge is -2.16. The SMILES string of the molecule is C=Cc1cc(C(=O)Cc2ccc(C(=N)CC(=O)OCCCCCC)cc2)c(-c2ccc(C(=O)NCC3CC3)nc2C(=O)O)cc1CO. The van der Waals surface area contributed by atoms with Gasteiger partial charge in [0.05, 0.1) is 19.6 Å². The number of aliphatic hydroxyl groups excluding tert-OH is 1. The number of aromatic carboxylic acids is 1. The molecule has 246 valence electrons. The van der Waals surface area contributed by atoms with Crippen LogP contribution in [0.1, 0.15) is 105 Å². The minimum absolute atomic E-state index is 0.0457. The summed E-state index contributed by atoms with van der Waals surface area (Å²) in [5.74, 6) is -2.19. The molecular weight excluding hydrogens is 598 g/mol. The number of aromatic nitrogens is 1. The maximum atomic E-state index is 13.8. The van der Waals surface area contributed by atoms with Gasteiger partial charge in [-0.1, -0.05) is 63.1 Å². The van der Waals surface area contributed by atoms with E-state index in [0.29, 0.717) is 41.3 Å². The summed E-state index contributed by atoms with van der Waals surface area (Å²) in [6.07, 6.45) is 7.35.